The normalized spacial score (nSPS) is 10.6. The van der Waals surface area contributed by atoms with Gasteiger partial charge in [0.05, 0.1) is 8.66 Å². The summed E-state index contributed by atoms with van der Waals surface area (Å²) in [4.78, 5) is 1.13. The molecule has 0 atom stereocenters. The molecule has 0 aliphatic carbocycles. The Morgan fingerprint density at radius 2 is 2.15 bits per heavy atom. The standard InChI is InChI=1S/C7H6BrN3S2/c8-5-2-1-4(12-5)7-11-10-6(3-9)13-7/h1-2H,3,9H2. The summed E-state index contributed by atoms with van der Waals surface area (Å²) in [5, 5.41) is 9.82. The summed E-state index contributed by atoms with van der Waals surface area (Å²) < 4.78 is 1.10. The molecule has 0 fully saturated rings. The molecule has 0 radical (unpaired) electrons. The van der Waals surface area contributed by atoms with Crippen LogP contribution in [0.2, 0.25) is 0 Å². The molecule has 2 aromatic rings. The van der Waals surface area contributed by atoms with Crippen LogP contribution in [0.4, 0.5) is 0 Å². The van der Waals surface area contributed by atoms with Gasteiger partial charge in [-0.1, -0.05) is 11.3 Å². The average Bonchev–Trinajstić information content (AvgIpc) is 2.71. The molecule has 2 heterocycles. The minimum atomic E-state index is 0.463. The molecule has 6 heteroatoms. The Kier molecular flexibility index (Phi) is 2.73. The molecule has 0 unspecified atom stereocenters. The molecular formula is C7H6BrN3S2. The topological polar surface area (TPSA) is 51.8 Å². The van der Waals surface area contributed by atoms with E-state index < -0.39 is 0 Å². The molecule has 0 bridgehead atoms. The largest absolute Gasteiger partial charge is 0.324 e. The number of nitrogens with two attached hydrogens (primary N) is 1. The van der Waals surface area contributed by atoms with Crippen LogP contribution < -0.4 is 5.73 Å². The molecule has 2 rings (SSSR count). The van der Waals surface area contributed by atoms with E-state index >= 15 is 0 Å². The van der Waals surface area contributed by atoms with Gasteiger partial charge in [0.15, 0.2) is 5.01 Å². The maximum absolute atomic E-state index is 5.45. The lowest BCUT2D eigenvalue weighted by atomic mass is 10.5. The number of hydrogen-bond donors (Lipinski definition) is 1. The Balaban J connectivity index is 2.35. The van der Waals surface area contributed by atoms with Crippen molar-refractivity contribution in [3.05, 3.63) is 20.9 Å². The fourth-order valence-electron chi connectivity index (χ4n) is 0.865. The number of rotatable bonds is 2. The van der Waals surface area contributed by atoms with Crippen molar-refractivity contribution >= 4 is 38.6 Å². The van der Waals surface area contributed by atoms with Crippen LogP contribution in [0.1, 0.15) is 5.01 Å². The minimum Gasteiger partial charge on any atom is -0.324 e. The lowest BCUT2D eigenvalue weighted by Gasteiger charge is -1.83. The summed E-state index contributed by atoms with van der Waals surface area (Å²) in [6.45, 7) is 0.463. The fraction of sp³-hybridized carbons (Fsp3) is 0.143. The summed E-state index contributed by atoms with van der Waals surface area (Å²) in [5.41, 5.74) is 5.45. The van der Waals surface area contributed by atoms with Crippen LogP contribution in [-0.2, 0) is 6.54 Å². The molecule has 2 N–H and O–H groups in total. The van der Waals surface area contributed by atoms with E-state index in [4.69, 9.17) is 5.73 Å². The Bertz CT molecular complexity index is 409. The van der Waals surface area contributed by atoms with Crippen molar-refractivity contribution < 1.29 is 0 Å². The van der Waals surface area contributed by atoms with Crippen LogP contribution in [0.5, 0.6) is 0 Å². The molecular weight excluding hydrogens is 270 g/mol. The average molecular weight is 276 g/mol. The van der Waals surface area contributed by atoms with Crippen molar-refractivity contribution in [2.45, 2.75) is 6.54 Å². The Labute approximate surface area is 91.7 Å². The molecule has 13 heavy (non-hydrogen) atoms. The van der Waals surface area contributed by atoms with E-state index in [2.05, 4.69) is 26.1 Å². The van der Waals surface area contributed by atoms with Crippen LogP contribution in [0.3, 0.4) is 0 Å². The number of nitrogens with zero attached hydrogens (tertiary/aromatic N) is 2. The van der Waals surface area contributed by atoms with Crippen LogP contribution in [0.15, 0.2) is 15.9 Å². The highest BCUT2D eigenvalue weighted by Crippen LogP contribution is 2.32. The van der Waals surface area contributed by atoms with Crippen LogP contribution in [0.25, 0.3) is 9.88 Å². The molecule has 0 saturated heterocycles. The first-order valence-electron chi connectivity index (χ1n) is 3.58. The maximum Gasteiger partial charge on any atom is 0.157 e. The third kappa shape index (κ3) is 1.96. The highest BCUT2D eigenvalue weighted by Gasteiger charge is 2.07. The second kappa shape index (κ2) is 3.83. The molecule has 0 aliphatic heterocycles. The van der Waals surface area contributed by atoms with Gasteiger partial charge in [0.1, 0.15) is 5.01 Å². The van der Waals surface area contributed by atoms with Gasteiger partial charge in [0.2, 0.25) is 0 Å². The Morgan fingerprint density at radius 3 is 2.69 bits per heavy atom. The monoisotopic (exact) mass is 275 g/mol. The maximum atomic E-state index is 5.45. The molecule has 2 aromatic heterocycles. The van der Waals surface area contributed by atoms with Crippen LogP contribution in [-0.4, -0.2) is 10.2 Å². The van der Waals surface area contributed by atoms with Crippen LogP contribution >= 0.6 is 38.6 Å². The summed E-state index contributed by atoms with van der Waals surface area (Å²) in [6.07, 6.45) is 0. The van der Waals surface area contributed by atoms with Gasteiger partial charge in [-0.2, -0.15) is 0 Å². The van der Waals surface area contributed by atoms with Gasteiger partial charge in [0, 0.05) is 6.54 Å². The smallest absolute Gasteiger partial charge is 0.157 e. The number of halogens is 1. The molecule has 68 valence electrons. The predicted molar refractivity (Wildman–Crippen MR) is 58.8 cm³/mol. The lowest BCUT2D eigenvalue weighted by molar-refractivity contribution is 0.961. The van der Waals surface area contributed by atoms with Crippen molar-refractivity contribution in [2.75, 3.05) is 0 Å². The van der Waals surface area contributed by atoms with Gasteiger partial charge in [-0.3, -0.25) is 0 Å². The highest BCUT2D eigenvalue weighted by molar-refractivity contribution is 9.11. The molecule has 0 amide bonds. The van der Waals surface area contributed by atoms with Crippen molar-refractivity contribution in [1.29, 1.82) is 0 Å². The number of hydrogen-bond acceptors (Lipinski definition) is 5. The van der Waals surface area contributed by atoms with Crippen molar-refractivity contribution in [3.63, 3.8) is 0 Å². The summed E-state index contributed by atoms with van der Waals surface area (Å²) >= 11 is 6.59. The Hall–Kier alpha value is -0.300. The summed E-state index contributed by atoms with van der Waals surface area (Å²) in [6, 6.07) is 4.03. The van der Waals surface area contributed by atoms with E-state index in [0.29, 0.717) is 6.54 Å². The lowest BCUT2D eigenvalue weighted by Crippen LogP contribution is -1.94. The zero-order valence-electron chi connectivity index (χ0n) is 6.53. The zero-order valence-corrected chi connectivity index (χ0v) is 9.75. The Morgan fingerprint density at radius 1 is 1.31 bits per heavy atom. The third-order valence-corrected chi connectivity index (χ3v) is 4.16. The molecule has 3 nitrogen and oxygen atoms in total. The second-order valence-corrected chi connectivity index (χ2v) is 5.83. The molecule has 0 aliphatic rings. The number of aromatic nitrogens is 2. The second-order valence-electron chi connectivity index (χ2n) is 2.31. The quantitative estimate of drug-likeness (QED) is 0.916. The van der Waals surface area contributed by atoms with E-state index in [1.165, 1.54) is 0 Å². The summed E-state index contributed by atoms with van der Waals surface area (Å²) in [5.74, 6) is 0. The first-order chi connectivity index (χ1) is 6.29. The van der Waals surface area contributed by atoms with Crippen molar-refractivity contribution in [1.82, 2.24) is 10.2 Å². The van der Waals surface area contributed by atoms with E-state index in [0.717, 1.165) is 18.7 Å². The van der Waals surface area contributed by atoms with E-state index in [1.54, 1.807) is 22.7 Å². The van der Waals surface area contributed by atoms with Gasteiger partial charge in [-0.05, 0) is 28.1 Å². The molecule has 0 saturated carbocycles. The highest BCUT2D eigenvalue weighted by atomic mass is 79.9. The van der Waals surface area contributed by atoms with Gasteiger partial charge in [-0.25, -0.2) is 0 Å². The van der Waals surface area contributed by atoms with Gasteiger partial charge >= 0.3 is 0 Å². The third-order valence-electron chi connectivity index (χ3n) is 1.43. The van der Waals surface area contributed by atoms with E-state index in [-0.39, 0.29) is 0 Å². The first-order valence-corrected chi connectivity index (χ1v) is 6.00. The molecule has 0 aromatic carbocycles. The van der Waals surface area contributed by atoms with Crippen molar-refractivity contribution in [2.24, 2.45) is 5.73 Å². The van der Waals surface area contributed by atoms with Gasteiger partial charge in [0.25, 0.3) is 0 Å². The number of thiophene rings is 1. The minimum absolute atomic E-state index is 0.463. The first kappa shape index (κ1) is 9.26. The summed E-state index contributed by atoms with van der Waals surface area (Å²) in [7, 11) is 0. The van der Waals surface area contributed by atoms with E-state index in [9.17, 15) is 0 Å². The molecule has 0 spiro atoms. The fourth-order valence-corrected chi connectivity index (χ4v) is 3.02. The zero-order chi connectivity index (χ0) is 9.26. The van der Waals surface area contributed by atoms with Gasteiger partial charge < -0.3 is 5.73 Å². The SMILES string of the molecule is NCc1nnc(-c2ccc(Br)s2)s1. The van der Waals surface area contributed by atoms with Crippen molar-refractivity contribution in [3.8, 4) is 9.88 Å². The van der Waals surface area contributed by atoms with E-state index in [1.807, 2.05) is 12.1 Å². The van der Waals surface area contributed by atoms with Gasteiger partial charge in [-0.15, -0.1) is 21.5 Å². The predicted octanol–water partition coefficient (Wildman–Crippen LogP) is 2.49. The van der Waals surface area contributed by atoms with Crippen LogP contribution in [0, 0.1) is 0 Å².